The van der Waals surface area contributed by atoms with Gasteiger partial charge in [0.05, 0.1) is 6.10 Å². The van der Waals surface area contributed by atoms with Gasteiger partial charge >= 0.3 is 5.97 Å². The van der Waals surface area contributed by atoms with Crippen molar-refractivity contribution in [3.63, 3.8) is 0 Å². The summed E-state index contributed by atoms with van der Waals surface area (Å²) < 4.78 is 0. The van der Waals surface area contributed by atoms with E-state index < -0.39 is 12.1 Å². The van der Waals surface area contributed by atoms with Crippen molar-refractivity contribution in [2.75, 3.05) is 13.1 Å². The van der Waals surface area contributed by atoms with Crippen molar-refractivity contribution in [1.29, 1.82) is 0 Å². The van der Waals surface area contributed by atoms with Gasteiger partial charge in [-0.05, 0) is 27.2 Å². The lowest BCUT2D eigenvalue weighted by Gasteiger charge is -2.18. The van der Waals surface area contributed by atoms with Crippen molar-refractivity contribution < 1.29 is 19.8 Å². The molecule has 1 aliphatic heterocycles. The highest BCUT2D eigenvalue weighted by molar-refractivity contribution is 6.01. The van der Waals surface area contributed by atoms with Crippen LogP contribution in [0.4, 0.5) is 0 Å². The van der Waals surface area contributed by atoms with E-state index in [-0.39, 0.29) is 23.0 Å². The monoisotopic (exact) mass is 241 g/mol. The Morgan fingerprint density at radius 3 is 2.29 bits per heavy atom. The second kappa shape index (κ2) is 5.31. The molecule has 1 aliphatic rings. The van der Waals surface area contributed by atoms with E-state index in [1.807, 2.05) is 0 Å². The van der Waals surface area contributed by atoms with Crippen LogP contribution in [0, 0.1) is 5.92 Å². The molecule has 0 spiro atoms. The molecule has 1 fully saturated rings. The molecule has 0 aromatic rings. The third kappa shape index (κ3) is 3.06. The maximum Gasteiger partial charge on any atom is 0.331 e. The quantitative estimate of drug-likeness (QED) is 0.711. The Hall–Kier alpha value is -1.36. The fourth-order valence-electron chi connectivity index (χ4n) is 1.92. The molecular formula is C12H19NO4. The highest BCUT2D eigenvalue weighted by Crippen LogP contribution is 2.21. The molecule has 2 N–H and O–H groups in total. The number of likely N-dealkylation sites (tertiary alicyclic amines) is 1. The molecule has 0 aromatic heterocycles. The molecule has 1 rings (SSSR count). The summed E-state index contributed by atoms with van der Waals surface area (Å²) in [5, 5.41) is 18.3. The highest BCUT2D eigenvalue weighted by atomic mass is 16.4. The summed E-state index contributed by atoms with van der Waals surface area (Å²) in [5.41, 5.74) is 0.347. The Labute approximate surface area is 101 Å². The molecule has 96 valence electrons. The van der Waals surface area contributed by atoms with Crippen molar-refractivity contribution in [2.24, 2.45) is 5.92 Å². The summed E-state index contributed by atoms with van der Waals surface area (Å²) in [6.45, 7) is 5.75. The first kappa shape index (κ1) is 13.7. The number of aliphatic carboxylic acids is 1. The lowest BCUT2D eigenvalue weighted by molar-refractivity contribution is -0.133. The number of nitrogens with zero attached hydrogens (tertiary/aromatic N) is 1. The topological polar surface area (TPSA) is 77.8 Å². The van der Waals surface area contributed by atoms with E-state index in [0.717, 1.165) is 6.42 Å². The molecule has 2 atom stereocenters. The first-order valence-electron chi connectivity index (χ1n) is 5.72. The summed E-state index contributed by atoms with van der Waals surface area (Å²) in [5.74, 6) is -1.22. The SMILES string of the molecule is CC(C(=O)O)=C(C)C(=O)N1CCC(C(C)O)C1. The van der Waals surface area contributed by atoms with Crippen molar-refractivity contribution in [3.8, 4) is 0 Å². The van der Waals surface area contributed by atoms with Gasteiger partial charge in [-0.3, -0.25) is 4.79 Å². The van der Waals surface area contributed by atoms with E-state index in [0.29, 0.717) is 13.1 Å². The first-order valence-corrected chi connectivity index (χ1v) is 5.72. The molecule has 0 aromatic carbocycles. The molecule has 5 nitrogen and oxygen atoms in total. The second-order valence-electron chi connectivity index (χ2n) is 4.60. The molecule has 0 bridgehead atoms. The second-order valence-corrected chi connectivity index (χ2v) is 4.60. The average molecular weight is 241 g/mol. The van der Waals surface area contributed by atoms with Gasteiger partial charge in [0.15, 0.2) is 0 Å². The fourth-order valence-corrected chi connectivity index (χ4v) is 1.92. The Kier molecular flexibility index (Phi) is 4.28. The van der Waals surface area contributed by atoms with Crippen LogP contribution in [0.25, 0.3) is 0 Å². The minimum absolute atomic E-state index is 0.0792. The van der Waals surface area contributed by atoms with Gasteiger partial charge in [-0.2, -0.15) is 0 Å². The molecule has 17 heavy (non-hydrogen) atoms. The minimum Gasteiger partial charge on any atom is -0.478 e. The number of hydrogen-bond acceptors (Lipinski definition) is 3. The van der Waals surface area contributed by atoms with Crippen LogP contribution in [0.1, 0.15) is 27.2 Å². The molecule has 1 heterocycles. The zero-order valence-electron chi connectivity index (χ0n) is 10.4. The predicted molar refractivity (Wildman–Crippen MR) is 62.4 cm³/mol. The maximum atomic E-state index is 12.0. The van der Waals surface area contributed by atoms with E-state index in [2.05, 4.69) is 0 Å². The summed E-state index contributed by atoms with van der Waals surface area (Å²) in [4.78, 5) is 24.4. The van der Waals surface area contributed by atoms with E-state index in [9.17, 15) is 14.7 Å². The minimum atomic E-state index is -1.07. The van der Waals surface area contributed by atoms with E-state index in [4.69, 9.17) is 5.11 Å². The predicted octanol–water partition coefficient (Wildman–Crippen LogP) is 0.637. The Morgan fingerprint density at radius 1 is 1.29 bits per heavy atom. The lowest BCUT2D eigenvalue weighted by atomic mass is 10.0. The lowest BCUT2D eigenvalue weighted by Crippen LogP contribution is -2.31. The van der Waals surface area contributed by atoms with E-state index in [1.54, 1.807) is 11.8 Å². The molecule has 0 radical (unpaired) electrons. The summed E-state index contributed by atoms with van der Waals surface area (Å²) in [6, 6.07) is 0. The number of carboxylic acid groups (broad SMARTS) is 1. The number of carbonyl (C=O) groups excluding carboxylic acids is 1. The number of amides is 1. The Bertz CT molecular complexity index is 360. The van der Waals surface area contributed by atoms with Gasteiger partial charge in [-0.25, -0.2) is 4.79 Å². The van der Waals surface area contributed by atoms with Crippen LogP contribution in [-0.2, 0) is 9.59 Å². The summed E-state index contributed by atoms with van der Waals surface area (Å²) in [7, 11) is 0. The molecule has 0 aliphatic carbocycles. The van der Waals surface area contributed by atoms with Crippen LogP contribution in [0.3, 0.4) is 0 Å². The third-order valence-corrected chi connectivity index (χ3v) is 3.40. The zero-order valence-corrected chi connectivity index (χ0v) is 10.4. The van der Waals surface area contributed by atoms with E-state index >= 15 is 0 Å². The number of aliphatic hydroxyl groups excluding tert-OH is 1. The van der Waals surface area contributed by atoms with Gasteiger partial charge < -0.3 is 15.1 Å². The number of rotatable bonds is 3. The molecule has 2 unspecified atom stereocenters. The standard InChI is InChI=1S/C12H19NO4/c1-7(8(2)12(16)17)11(15)13-5-4-10(6-13)9(3)14/h9-10,14H,4-6H2,1-3H3,(H,16,17). The highest BCUT2D eigenvalue weighted by Gasteiger charge is 2.30. The van der Waals surface area contributed by atoms with E-state index in [1.165, 1.54) is 13.8 Å². The zero-order chi connectivity index (χ0) is 13.2. The van der Waals surface area contributed by atoms with Crippen LogP contribution in [0.2, 0.25) is 0 Å². The van der Waals surface area contributed by atoms with Crippen LogP contribution < -0.4 is 0 Å². The van der Waals surface area contributed by atoms with Gasteiger partial charge in [0.25, 0.3) is 0 Å². The van der Waals surface area contributed by atoms with Gasteiger partial charge in [-0.15, -0.1) is 0 Å². The van der Waals surface area contributed by atoms with Crippen LogP contribution in [0.5, 0.6) is 0 Å². The number of aliphatic hydroxyl groups is 1. The van der Waals surface area contributed by atoms with Crippen LogP contribution >= 0.6 is 0 Å². The smallest absolute Gasteiger partial charge is 0.331 e. The fraction of sp³-hybridized carbons (Fsp3) is 0.667. The third-order valence-electron chi connectivity index (χ3n) is 3.40. The van der Waals surface area contributed by atoms with Crippen molar-refractivity contribution in [2.45, 2.75) is 33.3 Å². The largest absolute Gasteiger partial charge is 0.478 e. The Balaban J connectivity index is 2.74. The van der Waals surface area contributed by atoms with Gasteiger partial charge in [0.2, 0.25) is 5.91 Å². The Morgan fingerprint density at radius 2 is 1.88 bits per heavy atom. The first-order chi connectivity index (χ1) is 7.84. The van der Waals surface area contributed by atoms with Gasteiger partial charge in [0.1, 0.15) is 0 Å². The van der Waals surface area contributed by atoms with Crippen LogP contribution in [-0.4, -0.2) is 46.2 Å². The summed E-state index contributed by atoms with van der Waals surface area (Å²) in [6.07, 6.45) is 0.334. The average Bonchev–Trinajstić information content (AvgIpc) is 2.75. The molecule has 0 saturated carbocycles. The summed E-state index contributed by atoms with van der Waals surface area (Å²) >= 11 is 0. The molecule has 1 amide bonds. The van der Waals surface area contributed by atoms with Crippen molar-refractivity contribution in [1.82, 2.24) is 4.90 Å². The number of hydrogen-bond donors (Lipinski definition) is 2. The van der Waals surface area contributed by atoms with Crippen molar-refractivity contribution in [3.05, 3.63) is 11.1 Å². The maximum absolute atomic E-state index is 12.0. The normalized spacial score (nSPS) is 23.3. The number of carbonyl (C=O) groups is 2. The molecule has 5 heteroatoms. The van der Waals surface area contributed by atoms with Crippen molar-refractivity contribution >= 4 is 11.9 Å². The molecular weight excluding hydrogens is 222 g/mol. The molecule has 1 saturated heterocycles. The van der Waals surface area contributed by atoms with Gasteiger partial charge in [0, 0.05) is 30.2 Å². The van der Waals surface area contributed by atoms with Crippen LogP contribution in [0.15, 0.2) is 11.1 Å². The number of carboxylic acids is 1. The van der Waals surface area contributed by atoms with Gasteiger partial charge in [-0.1, -0.05) is 0 Å².